The van der Waals surface area contributed by atoms with E-state index in [0.717, 1.165) is 0 Å². The van der Waals surface area contributed by atoms with Crippen molar-refractivity contribution >= 4 is 33.9 Å². The number of hydrazone groups is 1. The number of hydrogen-bond acceptors (Lipinski definition) is 8. The first-order valence-electron chi connectivity index (χ1n) is 6.72. The predicted octanol–water partition coefficient (Wildman–Crippen LogP) is -0.503. The Labute approximate surface area is 148 Å². The molecular formula is C13H13BrN6O5. The number of rotatable bonds is 6. The van der Waals surface area contributed by atoms with Gasteiger partial charge in [-0.25, -0.2) is 15.3 Å². The van der Waals surface area contributed by atoms with E-state index >= 15 is 0 Å². The Kier molecular flexibility index (Phi) is 5.89. The van der Waals surface area contributed by atoms with E-state index < -0.39 is 17.2 Å². The molecule has 2 aromatic rings. The Hall–Kier alpha value is -3.15. The number of anilines is 1. The number of amides is 1. The van der Waals surface area contributed by atoms with Gasteiger partial charge in [-0.05, 0) is 33.6 Å². The zero-order valence-corrected chi connectivity index (χ0v) is 14.4. The zero-order chi connectivity index (χ0) is 18.4. The van der Waals surface area contributed by atoms with Crippen molar-refractivity contribution in [1.29, 1.82) is 0 Å². The maximum atomic E-state index is 11.7. The molecule has 1 aromatic heterocycles. The highest BCUT2D eigenvalue weighted by molar-refractivity contribution is 9.10. The van der Waals surface area contributed by atoms with E-state index in [1.165, 1.54) is 19.4 Å². The second kappa shape index (κ2) is 8.10. The Morgan fingerprint density at radius 1 is 1.48 bits per heavy atom. The number of phenols is 1. The van der Waals surface area contributed by atoms with Crippen molar-refractivity contribution in [3.63, 3.8) is 0 Å². The highest BCUT2D eigenvalue weighted by Crippen LogP contribution is 2.34. The number of nitrogens with one attached hydrogen (secondary N) is 4. The third kappa shape index (κ3) is 4.91. The van der Waals surface area contributed by atoms with Crippen LogP contribution >= 0.6 is 15.9 Å². The lowest BCUT2D eigenvalue weighted by Crippen LogP contribution is -2.31. The number of H-pyrrole nitrogens is 2. The van der Waals surface area contributed by atoms with Crippen LogP contribution in [-0.2, 0) is 4.79 Å². The lowest BCUT2D eigenvalue weighted by atomic mass is 10.2. The summed E-state index contributed by atoms with van der Waals surface area (Å²) in [5, 5.41) is 21.4. The molecular weight excluding hydrogens is 400 g/mol. The number of aromatic nitrogens is 3. The normalized spacial score (nSPS) is 10.6. The number of aromatic hydroxyl groups is 1. The molecule has 25 heavy (non-hydrogen) atoms. The van der Waals surface area contributed by atoms with Crippen LogP contribution in [0.1, 0.15) is 5.56 Å². The van der Waals surface area contributed by atoms with Gasteiger partial charge in [0.2, 0.25) is 5.82 Å². The average molecular weight is 413 g/mol. The minimum atomic E-state index is -0.750. The summed E-state index contributed by atoms with van der Waals surface area (Å²) in [6.45, 7) is -0.290. The lowest BCUT2D eigenvalue weighted by molar-refractivity contribution is -0.119. The molecule has 2 rings (SSSR count). The fourth-order valence-corrected chi connectivity index (χ4v) is 2.13. The molecule has 1 amide bonds. The number of carbonyl (C=O) groups is 1. The SMILES string of the molecule is COc1cc(/C=N/NC(=O)CNc2n[nH]c(=O)[nH]c2=O)cc(Br)c1O. The number of ether oxygens (including phenoxy) is 1. The summed E-state index contributed by atoms with van der Waals surface area (Å²) in [6, 6.07) is 3.10. The molecule has 0 radical (unpaired) electrons. The first-order valence-corrected chi connectivity index (χ1v) is 7.51. The van der Waals surface area contributed by atoms with Gasteiger partial charge in [-0.3, -0.25) is 14.6 Å². The van der Waals surface area contributed by atoms with Gasteiger partial charge >= 0.3 is 5.69 Å². The molecule has 0 aliphatic carbocycles. The van der Waals surface area contributed by atoms with Gasteiger partial charge in [0, 0.05) is 0 Å². The molecule has 0 saturated carbocycles. The molecule has 5 N–H and O–H groups in total. The molecule has 0 bridgehead atoms. The molecule has 0 spiro atoms. The van der Waals surface area contributed by atoms with Crippen LogP contribution in [0.25, 0.3) is 0 Å². The summed E-state index contributed by atoms with van der Waals surface area (Å²) in [4.78, 5) is 35.8. The second-order valence-electron chi connectivity index (χ2n) is 4.56. The van der Waals surface area contributed by atoms with Gasteiger partial charge in [-0.1, -0.05) is 0 Å². The third-order valence-electron chi connectivity index (χ3n) is 2.80. The Balaban J connectivity index is 1.93. The van der Waals surface area contributed by atoms with E-state index in [2.05, 4.69) is 36.9 Å². The molecule has 12 heteroatoms. The number of carbonyl (C=O) groups excluding carboxylic acids is 1. The van der Waals surface area contributed by atoms with Crippen molar-refractivity contribution < 1.29 is 14.6 Å². The standard InChI is InChI=1S/C13H13BrN6O5/c1-25-8-3-6(2-7(14)10(8)22)4-16-18-9(21)5-15-11-12(23)17-13(24)20-19-11/h2-4,22H,5H2,1H3,(H,15,19)(H,18,21)(H2,17,20,23,24)/b16-4+. The van der Waals surface area contributed by atoms with E-state index in [9.17, 15) is 19.5 Å². The Morgan fingerprint density at radius 2 is 2.24 bits per heavy atom. The van der Waals surface area contributed by atoms with Crippen LogP contribution in [0.3, 0.4) is 0 Å². The van der Waals surface area contributed by atoms with E-state index in [4.69, 9.17) is 4.74 Å². The Morgan fingerprint density at radius 3 is 2.92 bits per heavy atom. The van der Waals surface area contributed by atoms with Crippen molar-refractivity contribution in [3.05, 3.63) is 43.0 Å². The van der Waals surface area contributed by atoms with Crippen molar-refractivity contribution in [2.75, 3.05) is 19.0 Å². The van der Waals surface area contributed by atoms with Gasteiger partial charge < -0.3 is 15.2 Å². The van der Waals surface area contributed by atoms with E-state index in [1.807, 2.05) is 10.1 Å². The molecule has 0 unspecified atom stereocenters. The Bertz CT molecular complexity index is 922. The summed E-state index contributed by atoms with van der Waals surface area (Å²) in [6.07, 6.45) is 1.34. The highest BCUT2D eigenvalue weighted by Gasteiger charge is 2.08. The first kappa shape index (κ1) is 18.2. The number of nitrogens with zero attached hydrogens (tertiary/aromatic N) is 2. The zero-order valence-electron chi connectivity index (χ0n) is 12.8. The average Bonchev–Trinajstić information content (AvgIpc) is 2.57. The molecule has 0 aliphatic heterocycles. The topological polar surface area (TPSA) is 162 Å². The number of halogens is 1. The van der Waals surface area contributed by atoms with Gasteiger partial charge in [0.15, 0.2) is 11.5 Å². The molecule has 0 atom stereocenters. The summed E-state index contributed by atoms with van der Waals surface area (Å²) >= 11 is 3.17. The van der Waals surface area contributed by atoms with Crippen LogP contribution in [0, 0.1) is 0 Å². The summed E-state index contributed by atoms with van der Waals surface area (Å²) in [5.41, 5.74) is 1.31. The monoisotopic (exact) mass is 412 g/mol. The van der Waals surface area contributed by atoms with Crippen molar-refractivity contribution in [3.8, 4) is 11.5 Å². The molecule has 0 saturated heterocycles. The minimum absolute atomic E-state index is 0.0495. The maximum Gasteiger partial charge on any atom is 0.342 e. The molecule has 132 valence electrons. The van der Waals surface area contributed by atoms with E-state index in [0.29, 0.717) is 10.0 Å². The van der Waals surface area contributed by atoms with Crippen LogP contribution in [-0.4, -0.2) is 46.1 Å². The number of aromatic amines is 2. The van der Waals surface area contributed by atoms with Crippen molar-refractivity contribution in [2.24, 2.45) is 5.10 Å². The number of hydrogen-bond donors (Lipinski definition) is 5. The highest BCUT2D eigenvalue weighted by atomic mass is 79.9. The van der Waals surface area contributed by atoms with Crippen LogP contribution in [0.2, 0.25) is 0 Å². The fourth-order valence-electron chi connectivity index (χ4n) is 1.67. The minimum Gasteiger partial charge on any atom is -0.503 e. The number of benzene rings is 1. The third-order valence-corrected chi connectivity index (χ3v) is 3.41. The van der Waals surface area contributed by atoms with Crippen LogP contribution < -0.4 is 26.7 Å². The summed E-state index contributed by atoms with van der Waals surface area (Å²) in [7, 11) is 1.41. The number of phenolic OH excluding ortho intramolecular Hbond substituents is 1. The molecule has 1 aromatic carbocycles. The first-order chi connectivity index (χ1) is 11.9. The van der Waals surface area contributed by atoms with Gasteiger partial charge in [-0.15, -0.1) is 5.10 Å². The van der Waals surface area contributed by atoms with Crippen LogP contribution in [0.4, 0.5) is 5.82 Å². The van der Waals surface area contributed by atoms with Gasteiger partial charge in [0.05, 0.1) is 24.3 Å². The van der Waals surface area contributed by atoms with Crippen LogP contribution in [0.15, 0.2) is 31.3 Å². The molecule has 11 nitrogen and oxygen atoms in total. The fraction of sp³-hybridized carbons (Fsp3) is 0.154. The largest absolute Gasteiger partial charge is 0.503 e. The van der Waals surface area contributed by atoms with E-state index in [1.54, 1.807) is 6.07 Å². The second-order valence-corrected chi connectivity index (χ2v) is 5.41. The number of methoxy groups -OCH3 is 1. The van der Waals surface area contributed by atoms with Gasteiger partial charge in [0.25, 0.3) is 11.5 Å². The molecule has 0 aliphatic rings. The quantitative estimate of drug-likeness (QED) is 0.315. The molecule has 0 fully saturated rings. The van der Waals surface area contributed by atoms with Crippen LogP contribution in [0.5, 0.6) is 11.5 Å². The summed E-state index contributed by atoms with van der Waals surface area (Å²) < 4.78 is 5.40. The lowest BCUT2D eigenvalue weighted by Gasteiger charge is -2.06. The van der Waals surface area contributed by atoms with E-state index in [-0.39, 0.29) is 23.9 Å². The summed E-state index contributed by atoms with van der Waals surface area (Å²) in [5.74, 6) is -0.557. The molecule has 1 heterocycles. The maximum absolute atomic E-state index is 11.7. The van der Waals surface area contributed by atoms with Crippen molar-refractivity contribution in [2.45, 2.75) is 0 Å². The van der Waals surface area contributed by atoms with Crippen molar-refractivity contribution in [1.82, 2.24) is 20.6 Å². The van der Waals surface area contributed by atoms with Gasteiger partial charge in [0.1, 0.15) is 0 Å². The predicted molar refractivity (Wildman–Crippen MR) is 92.1 cm³/mol. The van der Waals surface area contributed by atoms with Gasteiger partial charge in [-0.2, -0.15) is 5.10 Å². The smallest absolute Gasteiger partial charge is 0.342 e.